The second-order valence-corrected chi connectivity index (χ2v) is 7.86. The molecule has 3 unspecified atom stereocenters. The van der Waals surface area contributed by atoms with E-state index in [4.69, 9.17) is 15.2 Å². The summed E-state index contributed by atoms with van der Waals surface area (Å²) in [4.78, 5) is 14.2. The van der Waals surface area contributed by atoms with Crippen LogP contribution in [0.3, 0.4) is 0 Å². The lowest BCUT2D eigenvalue weighted by Crippen LogP contribution is -2.81. The summed E-state index contributed by atoms with van der Waals surface area (Å²) in [5.74, 6) is 0.331. The minimum Gasteiger partial charge on any atom is -0.444 e. The number of rotatable bonds is 1. The molecule has 6 nitrogen and oxygen atoms in total. The molecule has 6 heteroatoms. The first-order chi connectivity index (χ1) is 9.65. The molecule has 1 amide bonds. The molecule has 0 radical (unpaired) electrons. The quantitative estimate of drug-likeness (QED) is 0.750. The minimum atomic E-state index is -1.02. The Balaban J connectivity index is 1.83. The summed E-state index contributed by atoms with van der Waals surface area (Å²) in [6.45, 7) is 6.77. The monoisotopic (exact) mass is 298 g/mol. The number of amides is 1. The standard InChI is InChI=1S/C15H26N2O4/c1-13(2,3)21-12(18)17-7-10-4-5-11(17)15(16,6-10)14(19)8-20-9-14/h10-11,19H,4-9,16H2,1-3H3. The number of hydrogen-bond acceptors (Lipinski definition) is 5. The Labute approximate surface area is 125 Å². The van der Waals surface area contributed by atoms with E-state index in [0.29, 0.717) is 12.5 Å². The van der Waals surface area contributed by atoms with Crippen LogP contribution in [0.1, 0.15) is 40.0 Å². The maximum atomic E-state index is 12.5. The zero-order valence-corrected chi connectivity index (χ0v) is 13.1. The van der Waals surface area contributed by atoms with Gasteiger partial charge in [-0.05, 0) is 46.0 Å². The fraction of sp³-hybridized carbons (Fsp3) is 0.933. The molecule has 3 saturated heterocycles. The highest BCUT2D eigenvalue weighted by atomic mass is 16.6. The van der Waals surface area contributed by atoms with E-state index >= 15 is 0 Å². The van der Waals surface area contributed by atoms with E-state index < -0.39 is 16.7 Å². The zero-order chi connectivity index (χ0) is 15.5. The van der Waals surface area contributed by atoms with Crippen LogP contribution in [0.4, 0.5) is 4.79 Å². The van der Waals surface area contributed by atoms with Gasteiger partial charge in [0.25, 0.3) is 0 Å². The molecular weight excluding hydrogens is 272 g/mol. The average Bonchev–Trinajstić information content (AvgIpc) is 2.34. The van der Waals surface area contributed by atoms with Crippen LogP contribution in [-0.2, 0) is 9.47 Å². The lowest BCUT2D eigenvalue weighted by Gasteiger charge is -2.62. The highest BCUT2D eigenvalue weighted by molar-refractivity contribution is 5.69. The van der Waals surface area contributed by atoms with E-state index in [2.05, 4.69) is 0 Å². The van der Waals surface area contributed by atoms with Gasteiger partial charge in [-0.3, -0.25) is 0 Å². The van der Waals surface area contributed by atoms with Gasteiger partial charge in [0.05, 0.1) is 24.8 Å². The molecule has 3 N–H and O–H groups in total. The van der Waals surface area contributed by atoms with Crippen molar-refractivity contribution in [3.8, 4) is 0 Å². The molecule has 2 bridgehead atoms. The van der Waals surface area contributed by atoms with Gasteiger partial charge in [-0.1, -0.05) is 0 Å². The Morgan fingerprint density at radius 1 is 1.38 bits per heavy atom. The Bertz CT molecular complexity index is 443. The molecule has 4 aliphatic rings. The van der Waals surface area contributed by atoms with E-state index in [1.54, 1.807) is 4.90 Å². The molecule has 0 aromatic rings. The molecule has 1 aliphatic carbocycles. The Morgan fingerprint density at radius 3 is 2.52 bits per heavy atom. The van der Waals surface area contributed by atoms with E-state index in [9.17, 15) is 9.90 Å². The topological polar surface area (TPSA) is 85.0 Å². The first kappa shape index (κ1) is 15.1. The van der Waals surface area contributed by atoms with Crippen LogP contribution in [0.15, 0.2) is 0 Å². The van der Waals surface area contributed by atoms with E-state index in [1.165, 1.54) is 0 Å². The van der Waals surface area contributed by atoms with Crippen molar-refractivity contribution in [3.05, 3.63) is 0 Å². The van der Waals surface area contributed by atoms with Gasteiger partial charge in [0.1, 0.15) is 11.2 Å². The lowest BCUT2D eigenvalue weighted by molar-refractivity contribution is -0.242. The molecular formula is C15H26N2O4. The van der Waals surface area contributed by atoms with Crippen LogP contribution < -0.4 is 5.73 Å². The molecule has 0 aromatic heterocycles. The molecule has 21 heavy (non-hydrogen) atoms. The summed E-state index contributed by atoms with van der Waals surface area (Å²) >= 11 is 0. The summed E-state index contributed by atoms with van der Waals surface area (Å²) in [6.07, 6.45) is 2.30. The predicted octanol–water partition coefficient (Wildman–Crippen LogP) is 0.865. The molecule has 3 atom stereocenters. The summed E-state index contributed by atoms with van der Waals surface area (Å²) in [7, 11) is 0. The van der Waals surface area contributed by atoms with Gasteiger partial charge in [0, 0.05) is 6.54 Å². The fourth-order valence-electron chi connectivity index (χ4n) is 3.95. The predicted molar refractivity (Wildman–Crippen MR) is 76.8 cm³/mol. The SMILES string of the molecule is CC(C)(C)OC(=O)N1CC2CCC1C(N)(C1(O)COC1)C2. The maximum absolute atomic E-state index is 12.5. The van der Waals surface area contributed by atoms with Crippen molar-refractivity contribution in [2.75, 3.05) is 19.8 Å². The van der Waals surface area contributed by atoms with Crippen molar-refractivity contribution in [2.24, 2.45) is 11.7 Å². The summed E-state index contributed by atoms with van der Waals surface area (Å²) in [5, 5.41) is 10.7. The Morgan fingerprint density at radius 2 is 2.05 bits per heavy atom. The third-order valence-corrected chi connectivity index (χ3v) is 5.08. The van der Waals surface area contributed by atoms with Gasteiger partial charge in [-0.2, -0.15) is 0 Å². The molecule has 1 saturated carbocycles. The summed E-state index contributed by atoms with van der Waals surface area (Å²) in [6, 6.07) is -0.175. The molecule has 0 spiro atoms. The van der Waals surface area contributed by atoms with Crippen LogP contribution in [0, 0.1) is 5.92 Å². The van der Waals surface area contributed by atoms with Crippen molar-refractivity contribution >= 4 is 6.09 Å². The van der Waals surface area contributed by atoms with Crippen molar-refractivity contribution in [2.45, 2.75) is 62.8 Å². The largest absolute Gasteiger partial charge is 0.444 e. The smallest absolute Gasteiger partial charge is 0.410 e. The van der Waals surface area contributed by atoms with E-state index in [-0.39, 0.29) is 25.3 Å². The number of nitrogens with two attached hydrogens (primary N) is 1. The number of piperidine rings is 2. The van der Waals surface area contributed by atoms with Crippen molar-refractivity contribution in [3.63, 3.8) is 0 Å². The average molecular weight is 298 g/mol. The first-order valence-electron chi connectivity index (χ1n) is 7.73. The van der Waals surface area contributed by atoms with Gasteiger partial charge in [-0.15, -0.1) is 0 Å². The van der Waals surface area contributed by atoms with Gasteiger partial charge >= 0.3 is 6.09 Å². The number of carbonyl (C=O) groups is 1. The maximum Gasteiger partial charge on any atom is 0.410 e. The van der Waals surface area contributed by atoms with Crippen LogP contribution in [0.2, 0.25) is 0 Å². The van der Waals surface area contributed by atoms with Crippen molar-refractivity contribution < 1.29 is 19.4 Å². The summed E-state index contributed by atoms with van der Waals surface area (Å²) < 4.78 is 10.7. The number of nitrogens with zero attached hydrogens (tertiary/aromatic N) is 1. The number of aliphatic hydroxyl groups is 1. The Hall–Kier alpha value is -0.850. The Kier molecular flexibility index (Phi) is 3.28. The normalized spacial score (nSPS) is 38.0. The number of carbonyl (C=O) groups excluding carboxylic acids is 1. The van der Waals surface area contributed by atoms with Crippen LogP contribution in [0.25, 0.3) is 0 Å². The van der Waals surface area contributed by atoms with Crippen molar-refractivity contribution in [1.82, 2.24) is 4.90 Å². The van der Waals surface area contributed by atoms with E-state index in [0.717, 1.165) is 19.3 Å². The molecule has 0 aromatic carbocycles. The third-order valence-electron chi connectivity index (χ3n) is 5.08. The molecule has 120 valence electrons. The van der Waals surface area contributed by atoms with Gasteiger partial charge < -0.3 is 25.2 Å². The number of ether oxygens (including phenoxy) is 2. The van der Waals surface area contributed by atoms with Crippen LogP contribution in [0.5, 0.6) is 0 Å². The van der Waals surface area contributed by atoms with E-state index in [1.807, 2.05) is 20.8 Å². The second kappa shape index (κ2) is 4.57. The van der Waals surface area contributed by atoms with Crippen molar-refractivity contribution in [1.29, 1.82) is 0 Å². The highest BCUT2D eigenvalue weighted by Crippen LogP contribution is 2.47. The zero-order valence-electron chi connectivity index (χ0n) is 13.1. The molecule has 4 fully saturated rings. The second-order valence-electron chi connectivity index (χ2n) is 7.86. The molecule has 4 rings (SSSR count). The van der Waals surface area contributed by atoms with Gasteiger partial charge in [0.2, 0.25) is 0 Å². The lowest BCUT2D eigenvalue weighted by atomic mass is 9.60. The minimum absolute atomic E-state index is 0.175. The summed E-state index contributed by atoms with van der Waals surface area (Å²) in [5.41, 5.74) is 4.26. The van der Waals surface area contributed by atoms with Crippen LogP contribution in [-0.4, -0.2) is 58.6 Å². The fourth-order valence-corrected chi connectivity index (χ4v) is 3.95. The molecule has 3 aliphatic heterocycles. The molecule has 3 heterocycles. The number of fused-ring (bicyclic) bond motifs is 3. The van der Waals surface area contributed by atoms with Gasteiger partial charge in [0.15, 0.2) is 0 Å². The highest BCUT2D eigenvalue weighted by Gasteiger charge is 2.63. The number of hydrogen-bond donors (Lipinski definition) is 2. The third kappa shape index (κ3) is 2.33. The van der Waals surface area contributed by atoms with Gasteiger partial charge in [-0.25, -0.2) is 4.79 Å². The first-order valence-corrected chi connectivity index (χ1v) is 7.73. The van der Waals surface area contributed by atoms with Crippen LogP contribution >= 0.6 is 0 Å².